The van der Waals surface area contributed by atoms with Crippen molar-refractivity contribution in [2.24, 2.45) is 0 Å². The van der Waals surface area contributed by atoms with Gasteiger partial charge in [0, 0.05) is 0 Å². The van der Waals surface area contributed by atoms with Crippen molar-refractivity contribution in [1.82, 2.24) is 0 Å². The van der Waals surface area contributed by atoms with Gasteiger partial charge in [-0.1, -0.05) is 12.1 Å². The number of methoxy groups -OCH3 is 2. The van der Waals surface area contributed by atoms with Crippen LogP contribution in [0.1, 0.15) is 10.4 Å². The monoisotopic (exact) mass is 234 g/mol. The fourth-order valence-electron chi connectivity index (χ4n) is 1.24. The van der Waals surface area contributed by atoms with Gasteiger partial charge in [-0.25, -0.2) is 4.79 Å². The lowest BCUT2D eigenvalue weighted by Gasteiger charge is -2.03. The Morgan fingerprint density at radius 1 is 1.24 bits per heavy atom. The minimum Gasteiger partial charge on any atom is -0.496 e. The van der Waals surface area contributed by atoms with Gasteiger partial charge < -0.3 is 15.0 Å². The van der Waals surface area contributed by atoms with Crippen LogP contribution in [0.25, 0.3) is 5.53 Å². The SMILES string of the molecule is COC(=O)C(=[N+]=[N-])C(=O)c1ccccc1OC. The number of carbonyl (C=O) groups is 2. The molecule has 0 heterocycles. The van der Waals surface area contributed by atoms with Crippen LogP contribution in [0.3, 0.4) is 0 Å². The van der Waals surface area contributed by atoms with E-state index in [1.54, 1.807) is 18.2 Å². The summed E-state index contributed by atoms with van der Waals surface area (Å²) >= 11 is 0. The third-order valence-electron chi connectivity index (χ3n) is 2.05. The molecule has 1 aromatic rings. The summed E-state index contributed by atoms with van der Waals surface area (Å²) in [7, 11) is 2.48. The maximum atomic E-state index is 11.9. The molecule has 0 N–H and O–H groups in total. The number of hydrogen-bond acceptors (Lipinski definition) is 4. The molecular weight excluding hydrogens is 224 g/mol. The van der Waals surface area contributed by atoms with Crippen LogP contribution in [0, 0.1) is 0 Å². The van der Waals surface area contributed by atoms with E-state index in [1.807, 2.05) is 0 Å². The van der Waals surface area contributed by atoms with Gasteiger partial charge in [0.15, 0.2) is 0 Å². The summed E-state index contributed by atoms with van der Waals surface area (Å²) in [6.07, 6.45) is 0. The molecule has 0 amide bonds. The van der Waals surface area contributed by atoms with E-state index >= 15 is 0 Å². The van der Waals surface area contributed by atoms with Gasteiger partial charge in [0.25, 0.3) is 5.78 Å². The van der Waals surface area contributed by atoms with E-state index in [-0.39, 0.29) is 11.3 Å². The van der Waals surface area contributed by atoms with Crippen molar-refractivity contribution < 1.29 is 23.9 Å². The highest BCUT2D eigenvalue weighted by atomic mass is 16.5. The summed E-state index contributed by atoms with van der Waals surface area (Å²) in [4.78, 5) is 25.7. The lowest BCUT2D eigenvalue weighted by molar-refractivity contribution is -0.137. The quantitative estimate of drug-likeness (QED) is 0.192. The molecule has 1 aromatic carbocycles. The third kappa shape index (κ3) is 2.56. The summed E-state index contributed by atoms with van der Waals surface area (Å²) in [5.41, 5.74) is 8.07. The van der Waals surface area contributed by atoms with E-state index in [9.17, 15) is 9.59 Å². The predicted molar refractivity (Wildman–Crippen MR) is 58.0 cm³/mol. The van der Waals surface area contributed by atoms with Gasteiger partial charge in [-0.2, -0.15) is 4.79 Å². The smallest absolute Gasteiger partial charge is 0.446 e. The van der Waals surface area contributed by atoms with Gasteiger partial charge >= 0.3 is 11.7 Å². The Bertz CT molecular complexity index is 504. The van der Waals surface area contributed by atoms with Crippen molar-refractivity contribution >= 4 is 17.5 Å². The van der Waals surface area contributed by atoms with E-state index in [1.165, 1.54) is 13.2 Å². The Labute approximate surface area is 97.4 Å². The molecule has 0 aliphatic carbocycles. The van der Waals surface area contributed by atoms with Crippen LogP contribution in [-0.4, -0.2) is 36.5 Å². The van der Waals surface area contributed by atoms with E-state index in [4.69, 9.17) is 10.3 Å². The first kappa shape index (κ1) is 12.6. The highest BCUT2D eigenvalue weighted by Crippen LogP contribution is 2.18. The first-order chi connectivity index (χ1) is 8.15. The molecule has 0 fully saturated rings. The molecule has 6 nitrogen and oxygen atoms in total. The van der Waals surface area contributed by atoms with Crippen molar-refractivity contribution in [3.8, 4) is 5.75 Å². The number of ether oxygens (including phenoxy) is 2. The molecule has 17 heavy (non-hydrogen) atoms. The minimum atomic E-state index is -1.01. The highest BCUT2D eigenvalue weighted by molar-refractivity contribution is 6.65. The van der Waals surface area contributed by atoms with Gasteiger partial charge in [0.1, 0.15) is 5.75 Å². The minimum absolute atomic E-state index is 0.119. The molecule has 0 radical (unpaired) electrons. The average Bonchev–Trinajstić information content (AvgIpc) is 2.38. The number of carbonyl (C=O) groups excluding carboxylic acids is 2. The third-order valence-corrected chi connectivity index (χ3v) is 2.05. The van der Waals surface area contributed by atoms with Crippen molar-refractivity contribution in [3.05, 3.63) is 35.4 Å². The molecule has 0 aliphatic rings. The molecule has 0 atom stereocenters. The van der Waals surface area contributed by atoms with E-state index in [0.29, 0.717) is 0 Å². The molecule has 88 valence electrons. The maximum absolute atomic E-state index is 11.9. The molecule has 6 heteroatoms. The van der Waals surface area contributed by atoms with Gasteiger partial charge in [0.2, 0.25) is 0 Å². The van der Waals surface area contributed by atoms with Gasteiger partial charge in [-0.3, -0.25) is 4.79 Å². The zero-order valence-electron chi connectivity index (χ0n) is 9.34. The van der Waals surface area contributed by atoms with Crippen molar-refractivity contribution in [2.75, 3.05) is 14.2 Å². The molecule has 1 rings (SSSR count). The molecule has 0 unspecified atom stereocenters. The van der Waals surface area contributed by atoms with Crippen LogP contribution < -0.4 is 4.74 Å². The molecule has 0 saturated heterocycles. The number of esters is 1. The van der Waals surface area contributed by atoms with Crippen molar-refractivity contribution in [3.63, 3.8) is 0 Å². The summed E-state index contributed by atoms with van der Waals surface area (Å²) in [5, 5.41) is 0. The standard InChI is InChI=1S/C11H10N2O4/c1-16-8-6-4-3-5-7(8)10(14)9(13-12)11(15)17-2/h3-6H,1-2H3. The largest absolute Gasteiger partial charge is 0.496 e. The molecule has 0 saturated carbocycles. The Morgan fingerprint density at radius 2 is 1.88 bits per heavy atom. The number of nitrogens with zero attached hydrogens (tertiary/aromatic N) is 2. The van der Waals surface area contributed by atoms with Crippen LogP contribution in [0.4, 0.5) is 0 Å². The summed E-state index contributed by atoms with van der Waals surface area (Å²) in [6.45, 7) is 0. The molecular formula is C11H10N2O4. The Hall–Kier alpha value is -2.46. The number of para-hydroxylation sites is 1. The van der Waals surface area contributed by atoms with Gasteiger partial charge in [-0.05, 0) is 12.1 Å². The van der Waals surface area contributed by atoms with E-state index in [2.05, 4.69) is 9.53 Å². The van der Waals surface area contributed by atoms with Crippen LogP contribution in [0.5, 0.6) is 5.75 Å². The van der Waals surface area contributed by atoms with Crippen LogP contribution in [-0.2, 0) is 9.53 Å². The maximum Gasteiger partial charge on any atom is 0.446 e. The fourth-order valence-corrected chi connectivity index (χ4v) is 1.24. The Kier molecular flexibility index (Phi) is 4.14. The van der Waals surface area contributed by atoms with Crippen LogP contribution in [0.2, 0.25) is 0 Å². The molecule has 0 aromatic heterocycles. The first-order valence-electron chi connectivity index (χ1n) is 4.63. The number of rotatable bonds is 4. The normalized spacial score (nSPS) is 9.06. The van der Waals surface area contributed by atoms with E-state index in [0.717, 1.165) is 7.11 Å². The van der Waals surface area contributed by atoms with Gasteiger partial charge in [-0.15, -0.1) is 0 Å². The van der Waals surface area contributed by atoms with Crippen LogP contribution in [0.15, 0.2) is 24.3 Å². The number of benzene rings is 1. The van der Waals surface area contributed by atoms with Crippen molar-refractivity contribution in [2.45, 2.75) is 0 Å². The first-order valence-corrected chi connectivity index (χ1v) is 4.63. The number of Topliss-reactive ketones (excluding diaryl/α,β-unsaturated/α-hetero) is 1. The summed E-state index contributed by atoms with van der Waals surface area (Å²) < 4.78 is 9.29. The van der Waals surface area contributed by atoms with E-state index < -0.39 is 17.5 Å². The lowest BCUT2D eigenvalue weighted by Crippen LogP contribution is -2.26. The zero-order valence-corrected chi connectivity index (χ0v) is 9.34. The summed E-state index contributed by atoms with van der Waals surface area (Å²) in [6, 6.07) is 6.28. The molecule has 0 bridgehead atoms. The lowest BCUT2D eigenvalue weighted by atomic mass is 10.1. The molecule has 0 spiro atoms. The predicted octanol–water partition coefficient (Wildman–Crippen LogP) is 0.722. The number of ketones is 1. The van der Waals surface area contributed by atoms with Crippen LogP contribution >= 0.6 is 0 Å². The zero-order chi connectivity index (χ0) is 12.8. The van der Waals surface area contributed by atoms with Crippen molar-refractivity contribution in [1.29, 1.82) is 0 Å². The Morgan fingerprint density at radius 3 is 2.41 bits per heavy atom. The second-order valence-electron chi connectivity index (χ2n) is 2.97. The highest BCUT2D eigenvalue weighted by Gasteiger charge is 2.33. The number of hydrogen-bond donors (Lipinski definition) is 0. The fraction of sp³-hybridized carbons (Fsp3) is 0.182. The molecule has 0 aliphatic heterocycles. The topological polar surface area (TPSA) is 89.0 Å². The second-order valence-corrected chi connectivity index (χ2v) is 2.97. The second kappa shape index (κ2) is 5.58. The van der Waals surface area contributed by atoms with Gasteiger partial charge in [0.05, 0.1) is 19.8 Å². The summed E-state index contributed by atoms with van der Waals surface area (Å²) in [5.74, 6) is -1.50. The Balaban J connectivity index is 3.20. The average molecular weight is 234 g/mol.